The van der Waals surface area contributed by atoms with Crippen molar-refractivity contribution in [1.29, 1.82) is 0 Å². The smallest absolute Gasteiger partial charge is 0.110 e. The van der Waals surface area contributed by atoms with Gasteiger partial charge in [0.1, 0.15) is 6.61 Å². The van der Waals surface area contributed by atoms with Crippen LogP contribution in [0.2, 0.25) is 0 Å². The molecule has 2 nitrogen and oxygen atoms in total. The number of hydrogen-bond acceptors (Lipinski definition) is 2. The van der Waals surface area contributed by atoms with E-state index < -0.39 is 0 Å². The lowest BCUT2D eigenvalue weighted by atomic mass is 9.86. The van der Waals surface area contributed by atoms with Gasteiger partial charge in [0, 0.05) is 6.54 Å². The standard InChI is InChI=1S/C21H35NO/c1-4-20(15-14-19(3)23-17-18(2)16-22)21-12-10-8-6-5-7-9-11-13-21/h4,14-15,21H,1-2,5-13,16-17,22H2,3H3/b19-14+,20-15+. The third-order valence-electron chi connectivity index (χ3n) is 4.62. The van der Waals surface area contributed by atoms with Gasteiger partial charge in [-0.25, -0.2) is 0 Å². The summed E-state index contributed by atoms with van der Waals surface area (Å²) in [7, 11) is 0. The summed E-state index contributed by atoms with van der Waals surface area (Å²) in [4.78, 5) is 0. The molecule has 0 aliphatic heterocycles. The maximum Gasteiger partial charge on any atom is 0.110 e. The number of nitrogens with two attached hydrogens (primary N) is 1. The highest BCUT2D eigenvalue weighted by Crippen LogP contribution is 2.28. The van der Waals surface area contributed by atoms with Crippen LogP contribution in [0.5, 0.6) is 0 Å². The lowest BCUT2D eigenvalue weighted by molar-refractivity contribution is 0.241. The van der Waals surface area contributed by atoms with Gasteiger partial charge in [-0.05, 0) is 42.9 Å². The largest absolute Gasteiger partial charge is 0.494 e. The minimum atomic E-state index is 0.475. The average molecular weight is 318 g/mol. The van der Waals surface area contributed by atoms with Crippen molar-refractivity contribution in [2.45, 2.75) is 64.7 Å². The van der Waals surface area contributed by atoms with E-state index in [1.807, 2.05) is 13.0 Å². The van der Waals surface area contributed by atoms with E-state index in [1.165, 1.54) is 63.4 Å². The van der Waals surface area contributed by atoms with Crippen LogP contribution in [0, 0.1) is 5.92 Å². The lowest BCUT2D eigenvalue weighted by Gasteiger charge is -2.19. The summed E-state index contributed by atoms with van der Waals surface area (Å²) in [5.41, 5.74) is 7.79. The van der Waals surface area contributed by atoms with Crippen molar-refractivity contribution in [2.75, 3.05) is 13.2 Å². The molecule has 130 valence electrons. The fourth-order valence-corrected chi connectivity index (χ4v) is 3.05. The molecule has 0 atom stereocenters. The molecule has 0 aromatic heterocycles. The molecular formula is C21H35NO. The first kappa shape index (κ1) is 19.8. The van der Waals surface area contributed by atoms with Crippen molar-refractivity contribution < 1.29 is 4.74 Å². The van der Waals surface area contributed by atoms with E-state index in [2.05, 4.69) is 25.3 Å². The zero-order valence-corrected chi connectivity index (χ0v) is 15.0. The summed E-state index contributed by atoms with van der Waals surface area (Å²) in [6.07, 6.45) is 18.5. The number of hydrogen-bond donors (Lipinski definition) is 1. The van der Waals surface area contributed by atoms with Crippen LogP contribution >= 0.6 is 0 Å². The van der Waals surface area contributed by atoms with E-state index in [9.17, 15) is 0 Å². The zero-order chi connectivity index (χ0) is 16.9. The van der Waals surface area contributed by atoms with Crippen molar-refractivity contribution in [1.82, 2.24) is 0 Å². The Morgan fingerprint density at radius 2 is 1.61 bits per heavy atom. The Balaban J connectivity index is 2.62. The Morgan fingerprint density at radius 3 is 2.13 bits per heavy atom. The second-order valence-electron chi connectivity index (χ2n) is 6.64. The predicted octanol–water partition coefficient (Wildman–Crippen LogP) is 5.67. The summed E-state index contributed by atoms with van der Waals surface area (Å²) < 4.78 is 5.66. The SMILES string of the molecule is C=C/C(=C\C=C(/C)OCC(=C)CN)C1CCCCCCCCC1. The molecule has 0 amide bonds. The quantitative estimate of drug-likeness (QED) is 0.373. The fourth-order valence-electron chi connectivity index (χ4n) is 3.05. The molecule has 0 bridgehead atoms. The van der Waals surface area contributed by atoms with Gasteiger partial charge in [-0.1, -0.05) is 70.3 Å². The minimum Gasteiger partial charge on any atom is -0.494 e. The molecule has 0 heterocycles. The van der Waals surface area contributed by atoms with Crippen molar-refractivity contribution in [3.05, 3.63) is 48.3 Å². The summed E-state index contributed by atoms with van der Waals surface area (Å²) in [6.45, 7) is 10.8. The summed E-state index contributed by atoms with van der Waals surface area (Å²) in [5.74, 6) is 1.55. The summed E-state index contributed by atoms with van der Waals surface area (Å²) in [6, 6.07) is 0. The molecule has 1 fully saturated rings. The van der Waals surface area contributed by atoms with Gasteiger partial charge >= 0.3 is 0 Å². The first-order valence-corrected chi connectivity index (χ1v) is 9.17. The van der Waals surface area contributed by atoms with Crippen molar-refractivity contribution in [3.8, 4) is 0 Å². The predicted molar refractivity (Wildman–Crippen MR) is 101 cm³/mol. The van der Waals surface area contributed by atoms with Gasteiger partial charge < -0.3 is 10.5 Å². The maximum absolute atomic E-state index is 5.66. The normalized spacial score (nSPS) is 19.2. The summed E-state index contributed by atoms with van der Waals surface area (Å²) >= 11 is 0. The molecule has 2 N–H and O–H groups in total. The van der Waals surface area contributed by atoms with E-state index in [0.717, 1.165) is 11.3 Å². The van der Waals surface area contributed by atoms with Crippen LogP contribution in [0.25, 0.3) is 0 Å². The number of rotatable bonds is 7. The Kier molecular flexibility index (Phi) is 10.5. The van der Waals surface area contributed by atoms with Gasteiger partial charge in [-0.3, -0.25) is 0 Å². The molecule has 1 rings (SSSR count). The van der Waals surface area contributed by atoms with E-state index in [1.54, 1.807) is 0 Å². The molecule has 0 radical (unpaired) electrons. The molecule has 23 heavy (non-hydrogen) atoms. The second-order valence-corrected chi connectivity index (χ2v) is 6.64. The van der Waals surface area contributed by atoms with Crippen LogP contribution in [0.3, 0.4) is 0 Å². The highest BCUT2D eigenvalue weighted by Gasteiger charge is 2.12. The van der Waals surface area contributed by atoms with Crippen LogP contribution in [0.1, 0.15) is 64.7 Å². The minimum absolute atomic E-state index is 0.475. The highest BCUT2D eigenvalue weighted by molar-refractivity contribution is 5.25. The monoisotopic (exact) mass is 317 g/mol. The van der Waals surface area contributed by atoms with Crippen molar-refractivity contribution in [2.24, 2.45) is 11.7 Å². The van der Waals surface area contributed by atoms with E-state index in [4.69, 9.17) is 10.5 Å². The molecule has 0 unspecified atom stereocenters. The lowest BCUT2D eigenvalue weighted by Crippen LogP contribution is -2.07. The Labute approximate surface area is 143 Å². The van der Waals surface area contributed by atoms with Crippen molar-refractivity contribution in [3.63, 3.8) is 0 Å². The molecular weight excluding hydrogens is 282 g/mol. The third-order valence-corrected chi connectivity index (χ3v) is 4.62. The van der Waals surface area contributed by atoms with Crippen LogP contribution < -0.4 is 5.73 Å². The Morgan fingerprint density at radius 1 is 1.04 bits per heavy atom. The molecule has 0 aromatic rings. The molecule has 1 aliphatic rings. The molecule has 1 saturated carbocycles. The zero-order valence-electron chi connectivity index (χ0n) is 15.0. The van der Waals surface area contributed by atoms with Crippen molar-refractivity contribution >= 4 is 0 Å². The van der Waals surface area contributed by atoms with Crippen LogP contribution in [-0.2, 0) is 4.74 Å². The fraction of sp³-hybridized carbons (Fsp3) is 0.619. The highest BCUT2D eigenvalue weighted by atomic mass is 16.5. The van der Waals surface area contributed by atoms with E-state index in [0.29, 0.717) is 19.1 Å². The molecule has 0 saturated heterocycles. The van der Waals surface area contributed by atoms with Crippen LogP contribution in [0.4, 0.5) is 0 Å². The van der Waals surface area contributed by atoms with Gasteiger partial charge in [0.05, 0.1) is 5.76 Å². The summed E-state index contributed by atoms with van der Waals surface area (Å²) in [5, 5.41) is 0. The first-order valence-electron chi connectivity index (χ1n) is 9.17. The maximum atomic E-state index is 5.66. The molecule has 1 aliphatic carbocycles. The Hall–Kier alpha value is -1.28. The van der Waals surface area contributed by atoms with Gasteiger partial charge in [0.2, 0.25) is 0 Å². The van der Waals surface area contributed by atoms with Crippen LogP contribution in [-0.4, -0.2) is 13.2 Å². The topological polar surface area (TPSA) is 35.2 Å². The number of allylic oxidation sites excluding steroid dienone is 5. The van der Waals surface area contributed by atoms with Gasteiger partial charge in [0.15, 0.2) is 0 Å². The van der Waals surface area contributed by atoms with Crippen LogP contribution in [0.15, 0.2) is 48.3 Å². The van der Waals surface area contributed by atoms with Gasteiger partial charge in [0.25, 0.3) is 0 Å². The Bertz CT molecular complexity index is 410. The van der Waals surface area contributed by atoms with E-state index >= 15 is 0 Å². The number of ether oxygens (including phenoxy) is 1. The molecule has 0 spiro atoms. The first-order chi connectivity index (χ1) is 11.2. The average Bonchev–Trinajstić information content (AvgIpc) is 2.58. The second kappa shape index (κ2) is 12.2. The van der Waals surface area contributed by atoms with Gasteiger partial charge in [-0.15, -0.1) is 0 Å². The van der Waals surface area contributed by atoms with Gasteiger partial charge in [-0.2, -0.15) is 0 Å². The third kappa shape index (κ3) is 8.80. The molecule has 2 heteroatoms. The molecule has 0 aromatic carbocycles. The van der Waals surface area contributed by atoms with E-state index in [-0.39, 0.29) is 0 Å².